The first-order chi connectivity index (χ1) is 9.10. The number of aromatic nitrogens is 1. The van der Waals surface area contributed by atoms with Crippen molar-refractivity contribution in [1.82, 2.24) is 10.3 Å². The molecule has 0 aliphatic carbocycles. The largest absolute Gasteiger partial charge is 0.477 e. The molecule has 0 spiro atoms. The number of hydrogen-bond donors (Lipinski definition) is 2. The molecule has 1 aromatic heterocycles. The van der Waals surface area contributed by atoms with E-state index < -0.39 is 40.9 Å². The van der Waals surface area contributed by atoms with E-state index >= 15 is 0 Å². The van der Waals surface area contributed by atoms with Gasteiger partial charge in [0, 0.05) is 0 Å². The number of rotatable bonds is 5. The normalized spacial score (nSPS) is 13.1. The average Bonchev–Trinajstić information content (AvgIpc) is 2.68. The highest BCUT2D eigenvalue weighted by atomic mass is 32.2. The van der Waals surface area contributed by atoms with E-state index in [1.165, 1.54) is 13.8 Å². The molecular formula is C10H11F3N2O3S2. The van der Waals surface area contributed by atoms with Crippen molar-refractivity contribution in [3.63, 3.8) is 0 Å². The molecule has 0 aromatic carbocycles. The molecule has 112 valence electrons. The van der Waals surface area contributed by atoms with Gasteiger partial charge < -0.3 is 10.4 Å². The van der Waals surface area contributed by atoms with E-state index in [2.05, 4.69) is 10.3 Å². The van der Waals surface area contributed by atoms with Crippen LogP contribution in [0.2, 0.25) is 0 Å². The minimum atomic E-state index is -4.46. The second kappa shape index (κ2) is 6.44. The van der Waals surface area contributed by atoms with Gasteiger partial charge in [0.2, 0.25) is 5.91 Å². The summed E-state index contributed by atoms with van der Waals surface area (Å²) in [5, 5.41) is 11.6. The minimum Gasteiger partial charge on any atom is -0.477 e. The number of aromatic carboxylic acids is 1. The van der Waals surface area contributed by atoms with Gasteiger partial charge in [-0.1, -0.05) is 0 Å². The van der Waals surface area contributed by atoms with Gasteiger partial charge in [-0.25, -0.2) is 9.78 Å². The Labute approximate surface area is 120 Å². The van der Waals surface area contributed by atoms with E-state index in [4.69, 9.17) is 5.11 Å². The number of halogens is 3. The number of amides is 1. The predicted molar refractivity (Wildman–Crippen MR) is 68.9 cm³/mol. The van der Waals surface area contributed by atoms with Gasteiger partial charge >= 0.3 is 11.5 Å². The SMILES string of the molecule is Cc1nc(C(C)NC(=O)CSC(F)(F)F)sc1C(=O)O. The number of thiazole rings is 1. The van der Waals surface area contributed by atoms with Crippen LogP contribution >= 0.6 is 23.1 Å². The monoisotopic (exact) mass is 328 g/mol. The van der Waals surface area contributed by atoms with Crippen LogP contribution in [0.4, 0.5) is 13.2 Å². The Balaban J connectivity index is 2.62. The third kappa shape index (κ3) is 5.00. The van der Waals surface area contributed by atoms with Gasteiger partial charge in [0.25, 0.3) is 0 Å². The molecule has 20 heavy (non-hydrogen) atoms. The van der Waals surface area contributed by atoms with Gasteiger partial charge in [-0.2, -0.15) is 13.2 Å². The van der Waals surface area contributed by atoms with Crippen LogP contribution in [0.1, 0.15) is 33.3 Å². The smallest absolute Gasteiger partial charge is 0.442 e. The maximum Gasteiger partial charge on any atom is 0.442 e. The predicted octanol–water partition coefficient (Wildman–Crippen LogP) is 2.58. The van der Waals surface area contributed by atoms with Crippen molar-refractivity contribution in [2.45, 2.75) is 25.4 Å². The molecular weight excluding hydrogens is 317 g/mol. The summed E-state index contributed by atoms with van der Waals surface area (Å²) in [4.78, 5) is 26.2. The van der Waals surface area contributed by atoms with Crippen molar-refractivity contribution in [2.24, 2.45) is 0 Å². The molecule has 1 rings (SSSR count). The quantitative estimate of drug-likeness (QED) is 0.868. The lowest BCUT2D eigenvalue weighted by Gasteiger charge is -2.11. The van der Waals surface area contributed by atoms with Crippen LogP contribution in [0.3, 0.4) is 0 Å². The lowest BCUT2D eigenvalue weighted by Crippen LogP contribution is -2.29. The molecule has 10 heteroatoms. The average molecular weight is 328 g/mol. The Kier molecular flexibility index (Phi) is 5.40. The van der Waals surface area contributed by atoms with Crippen LogP contribution in [0, 0.1) is 6.92 Å². The highest BCUT2D eigenvalue weighted by Crippen LogP contribution is 2.30. The molecule has 0 fully saturated rings. The number of carboxylic acid groups (broad SMARTS) is 1. The van der Waals surface area contributed by atoms with Crippen LogP contribution in [0.15, 0.2) is 0 Å². The molecule has 0 saturated heterocycles. The first kappa shape index (κ1) is 16.8. The fraction of sp³-hybridized carbons (Fsp3) is 0.500. The zero-order valence-electron chi connectivity index (χ0n) is 10.4. The van der Waals surface area contributed by atoms with E-state index in [-0.39, 0.29) is 4.88 Å². The number of alkyl halides is 3. The highest BCUT2D eigenvalue weighted by molar-refractivity contribution is 8.00. The zero-order valence-corrected chi connectivity index (χ0v) is 12.1. The van der Waals surface area contributed by atoms with E-state index in [0.29, 0.717) is 10.7 Å². The Morgan fingerprint density at radius 1 is 1.50 bits per heavy atom. The van der Waals surface area contributed by atoms with Gasteiger partial charge in [-0.05, 0) is 25.6 Å². The topological polar surface area (TPSA) is 79.3 Å². The van der Waals surface area contributed by atoms with E-state index in [1.54, 1.807) is 0 Å². The Morgan fingerprint density at radius 2 is 2.10 bits per heavy atom. The van der Waals surface area contributed by atoms with Crippen LogP contribution in [0.25, 0.3) is 0 Å². The fourth-order valence-corrected chi connectivity index (χ4v) is 2.58. The fourth-order valence-electron chi connectivity index (χ4n) is 1.29. The summed E-state index contributed by atoms with van der Waals surface area (Å²) in [6.07, 6.45) is 0. The number of nitrogens with one attached hydrogen (secondary N) is 1. The van der Waals surface area contributed by atoms with Crippen LogP contribution in [0.5, 0.6) is 0 Å². The van der Waals surface area contributed by atoms with Gasteiger partial charge in [0.15, 0.2) is 0 Å². The van der Waals surface area contributed by atoms with E-state index in [9.17, 15) is 22.8 Å². The first-order valence-corrected chi connectivity index (χ1v) is 7.11. The third-order valence-corrected chi connectivity index (χ3v) is 4.18. The molecule has 2 N–H and O–H groups in total. The number of carbonyl (C=O) groups excluding carboxylic acids is 1. The molecule has 0 radical (unpaired) electrons. The lowest BCUT2D eigenvalue weighted by molar-refractivity contribution is -0.119. The molecule has 0 saturated carbocycles. The summed E-state index contributed by atoms with van der Waals surface area (Å²) in [5.74, 6) is -2.66. The number of thioether (sulfide) groups is 1. The maximum absolute atomic E-state index is 11.9. The number of nitrogens with zero attached hydrogens (tertiary/aromatic N) is 1. The first-order valence-electron chi connectivity index (χ1n) is 5.31. The summed E-state index contributed by atoms with van der Waals surface area (Å²) in [7, 11) is 0. The number of carbonyl (C=O) groups is 2. The van der Waals surface area contributed by atoms with Crippen LogP contribution < -0.4 is 5.32 Å². The third-order valence-electron chi connectivity index (χ3n) is 2.12. The molecule has 0 aliphatic heterocycles. The highest BCUT2D eigenvalue weighted by Gasteiger charge is 2.29. The summed E-state index contributed by atoms with van der Waals surface area (Å²) in [5.41, 5.74) is -4.15. The Bertz CT molecular complexity index is 516. The summed E-state index contributed by atoms with van der Waals surface area (Å²) in [6, 6.07) is -0.645. The van der Waals surface area contributed by atoms with Gasteiger partial charge in [-0.3, -0.25) is 4.79 Å². The Hall–Kier alpha value is -1.29. The van der Waals surface area contributed by atoms with E-state index in [1.807, 2.05) is 0 Å². The molecule has 1 amide bonds. The van der Waals surface area contributed by atoms with Crippen molar-refractivity contribution in [2.75, 3.05) is 5.75 Å². The number of hydrogen-bond acceptors (Lipinski definition) is 5. The summed E-state index contributed by atoms with van der Waals surface area (Å²) < 4.78 is 35.8. The molecule has 1 aromatic rings. The van der Waals surface area contributed by atoms with Crippen molar-refractivity contribution in [3.05, 3.63) is 15.6 Å². The molecule has 0 aliphatic rings. The van der Waals surface area contributed by atoms with Crippen LogP contribution in [-0.2, 0) is 4.79 Å². The molecule has 1 heterocycles. The van der Waals surface area contributed by atoms with Crippen molar-refractivity contribution in [1.29, 1.82) is 0 Å². The Morgan fingerprint density at radius 3 is 2.55 bits per heavy atom. The molecule has 0 bridgehead atoms. The van der Waals surface area contributed by atoms with Crippen molar-refractivity contribution < 1.29 is 27.9 Å². The van der Waals surface area contributed by atoms with Crippen LogP contribution in [-0.4, -0.2) is 33.2 Å². The van der Waals surface area contributed by atoms with Crippen molar-refractivity contribution >= 4 is 35.0 Å². The standard InChI is InChI=1S/C10H11F3N2O3S2/c1-4-7(9(17)18)20-8(15-4)5(2)14-6(16)3-19-10(11,12)13/h5H,3H2,1-2H3,(H,14,16)(H,17,18). The molecule has 1 unspecified atom stereocenters. The molecule has 5 nitrogen and oxygen atoms in total. The second-order valence-corrected chi connectivity index (χ2v) is 5.87. The molecule has 1 atom stereocenters. The minimum absolute atomic E-state index is 0.0470. The zero-order chi connectivity index (χ0) is 15.5. The summed E-state index contributed by atoms with van der Waals surface area (Å²) >= 11 is 0.456. The summed E-state index contributed by atoms with van der Waals surface area (Å²) in [6.45, 7) is 3.04. The van der Waals surface area contributed by atoms with Crippen molar-refractivity contribution in [3.8, 4) is 0 Å². The number of aryl methyl sites for hydroxylation is 1. The van der Waals surface area contributed by atoms with E-state index in [0.717, 1.165) is 11.3 Å². The van der Waals surface area contributed by atoms with Gasteiger partial charge in [-0.15, -0.1) is 11.3 Å². The number of carboxylic acids is 1. The van der Waals surface area contributed by atoms with Gasteiger partial charge in [0.1, 0.15) is 9.88 Å². The van der Waals surface area contributed by atoms with Gasteiger partial charge in [0.05, 0.1) is 17.5 Å². The lowest BCUT2D eigenvalue weighted by atomic mass is 10.3. The maximum atomic E-state index is 11.9. The second-order valence-electron chi connectivity index (χ2n) is 3.80.